The highest BCUT2D eigenvalue weighted by atomic mass is 32.2. The van der Waals surface area contributed by atoms with E-state index in [0.29, 0.717) is 22.9 Å². The molecule has 0 amide bonds. The molecule has 2 aromatic rings. The zero-order valence-corrected chi connectivity index (χ0v) is 10.4. The van der Waals surface area contributed by atoms with E-state index in [2.05, 4.69) is 16.5 Å². The van der Waals surface area contributed by atoms with Crippen LogP contribution in [-0.4, -0.2) is 25.4 Å². The maximum Gasteiger partial charge on any atom is 0.329 e. The van der Waals surface area contributed by atoms with E-state index in [1.807, 2.05) is 6.26 Å². The summed E-state index contributed by atoms with van der Waals surface area (Å²) in [6.07, 6.45) is 3.55. The van der Waals surface area contributed by atoms with Crippen molar-refractivity contribution in [3.63, 3.8) is 0 Å². The van der Waals surface area contributed by atoms with Crippen LogP contribution in [0.5, 0.6) is 0 Å². The summed E-state index contributed by atoms with van der Waals surface area (Å²) < 4.78 is 3.07. The molecule has 0 fully saturated rings. The minimum Gasteiger partial charge on any atom is -0.309 e. The molecule has 0 radical (unpaired) electrons. The summed E-state index contributed by atoms with van der Waals surface area (Å²) in [5.41, 5.74) is -0.0857. The molecule has 7 heteroatoms. The zero-order chi connectivity index (χ0) is 12.6. The van der Waals surface area contributed by atoms with Crippen LogP contribution in [0.15, 0.2) is 27.4 Å². The molecular weight excluding hydrogens is 240 g/mol. The summed E-state index contributed by atoms with van der Waals surface area (Å²) in [5.74, 6) is 0. The third kappa shape index (κ3) is 1.72. The normalized spacial score (nSPS) is 10.9. The lowest BCUT2D eigenvalue weighted by Crippen LogP contribution is -2.29. The van der Waals surface area contributed by atoms with E-state index in [0.717, 1.165) is 0 Å². The van der Waals surface area contributed by atoms with E-state index < -0.39 is 11.2 Å². The molecule has 2 aromatic heterocycles. The molecule has 2 rings (SSSR count). The molecule has 0 aliphatic carbocycles. The van der Waals surface area contributed by atoms with E-state index in [-0.39, 0.29) is 0 Å². The van der Waals surface area contributed by atoms with Crippen molar-refractivity contribution < 1.29 is 0 Å². The van der Waals surface area contributed by atoms with Gasteiger partial charge < -0.3 is 4.57 Å². The number of hydrogen-bond donors (Lipinski definition) is 1. The number of rotatable bonds is 3. The van der Waals surface area contributed by atoms with E-state index in [9.17, 15) is 9.59 Å². The van der Waals surface area contributed by atoms with Crippen LogP contribution in [0, 0.1) is 0 Å². The SMILES string of the molecule is C=CCn1c(SC)nc2c1c(=O)[nH]c(=O)n2C. The summed E-state index contributed by atoms with van der Waals surface area (Å²) in [6.45, 7) is 4.13. The maximum absolute atomic E-state index is 11.8. The van der Waals surface area contributed by atoms with Crippen molar-refractivity contribution in [3.8, 4) is 0 Å². The summed E-state index contributed by atoms with van der Waals surface area (Å²) in [4.78, 5) is 29.8. The van der Waals surface area contributed by atoms with Crippen LogP contribution in [0.2, 0.25) is 0 Å². The number of thioether (sulfide) groups is 1. The molecule has 0 aliphatic heterocycles. The fraction of sp³-hybridized carbons (Fsp3) is 0.300. The lowest BCUT2D eigenvalue weighted by atomic mass is 10.5. The molecule has 0 aromatic carbocycles. The van der Waals surface area contributed by atoms with Crippen LogP contribution in [0.4, 0.5) is 0 Å². The van der Waals surface area contributed by atoms with Gasteiger partial charge in [-0.15, -0.1) is 6.58 Å². The smallest absolute Gasteiger partial charge is 0.309 e. The standard InChI is InChI=1S/C10H12N4O2S/c1-4-5-14-6-7(11-10(14)17-3)13(2)9(16)12-8(6)15/h4H,1,5H2,2-3H3,(H,12,15,16). The van der Waals surface area contributed by atoms with Crippen molar-refractivity contribution in [1.29, 1.82) is 0 Å². The monoisotopic (exact) mass is 252 g/mol. The first kappa shape index (κ1) is 11.7. The minimum atomic E-state index is -0.460. The zero-order valence-electron chi connectivity index (χ0n) is 9.56. The Labute approximate surface area is 101 Å². The molecule has 0 unspecified atom stereocenters. The average molecular weight is 252 g/mol. The number of aromatic amines is 1. The molecule has 6 nitrogen and oxygen atoms in total. The molecule has 2 heterocycles. The number of H-pyrrole nitrogens is 1. The predicted octanol–water partition coefficient (Wildman–Crippen LogP) is 0.331. The Hall–Kier alpha value is -1.76. The van der Waals surface area contributed by atoms with Gasteiger partial charge in [0.1, 0.15) is 0 Å². The number of fused-ring (bicyclic) bond motifs is 1. The van der Waals surface area contributed by atoms with E-state index in [1.165, 1.54) is 16.3 Å². The van der Waals surface area contributed by atoms with Crippen molar-refractivity contribution in [2.75, 3.05) is 6.26 Å². The molecule has 1 N–H and O–H groups in total. The number of aromatic nitrogens is 4. The van der Waals surface area contributed by atoms with Gasteiger partial charge in [-0.1, -0.05) is 17.8 Å². The van der Waals surface area contributed by atoms with Gasteiger partial charge in [0, 0.05) is 13.6 Å². The summed E-state index contributed by atoms with van der Waals surface area (Å²) in [6, 6.07) is 0. The topological polar surface area (TPSA) is 72.7 Å². The molecule has 0 spiro atoms. The molecule has 0 aliphatic rings. The minimum absolute atomic E-state index is 0.393. The second-order valence-corrected chi connectivity index (χ2v) is 4.26. The van der Waals surface area contributed by atoms with Gasteiger partial charge in [0.25, 0.3) is 5.56 Å². The van der Waals surface area contributed by atoms with Crippen molar-refractivity contribution >= 4 is 22.9 Å². The quantitative estimate of drug-likeness (QED) is 0.631. The molecule has 90 valence electrons. The number of aryl methyl sites for hydroxylation is 1. The van der Waals surface area contributed by atoms with Gasteiger partial charge in [-0.25, -0.2) is 9.78 Å². The predicted molar refractivity (Wildman–Crippen MR) is 67.6 cm³/mol. The number of hydrogen-bond acceptors (Lipinski definition) is 4. The van der Waals surface area contributed by atoms with Crippen LogP contribution in [-0.2, 0) is 13.6 Å². The first-order valence-corrected chi connectivity index (χ1v) is 6.17. The largest absolute Gasteiger partial charge is 0.329 e. The molecule has 0 bridgehead atoms. The number of allylic oxidation sites excluding steroid dienone is 1. The fourth-order valence-electron chi connectivity index (χ4n) is 1.67. The number of nitrogens with zero attached hydrogens (tertiary/aromatic N) is 3. The molecule has 0 saturated carbocycles. The van der Waals surface area contributed by atoms with Crippen molar-refractivity contribution in [2.45, 2.75) is 11.7 Å². The highest BCUT2D eigenvalue weighted by molar-refractivity contribution is 7.98. The summed E-state index contributed by atoms with van der Waals surface area (Å²) in [7, 11) is 1.58. The van der Waals surface area contributed by atoms with Crippen LogP contribution >= 0.6 is 11.8 Å². The van der Waals surface area contributed by atoms with Crippen LogP contribution < -0.4 is 11.2 Å². The third-order valence-corrected chi connectivity index (χ3v) is 3.14. The van der Waals surface area contributed by atoms with E-state index in [4.69, 9.17) is 0 Å². The van der Waals surface area contributed by atoms with Gasteiger partial charge in [0.15, 0.2) is 16.3 Å². The summed E-state index contributed by atoms with van der Waals surface area (Å²) >= 11 is 1.42. The lowest BCUT2D eigenvalue weighted by Gasteiger charge is -2.02. The highest BCUT2D eigenvalue weighted by Crippen LogP contribution is 2.18. The second kappa shape index (κ2) is 4.25. The highest BCUT2D eigenvalue weighted by Gasteiger charge is 2.15. The average Bonchev–Trinajstić information content (AvgIpc) is 2.66. The molecule has 17 heavy (non-hydrogen) atoms. The Morgan fingerprint density at radius 2 is 2.24 bits per heavy atom. The van der Waals surface area contributed by atoms with E-state index in [1.54, 1.807) is 17.7 Å². The van der Waals surface area contributed by atoms with Crippen LogP contribution in [0.3, 0.4) is 0 Å². The Morgan fingerprint density at radius 3 is 2.82 bits per heavy atom. The van der Waals surface area contributed by atoms with E-state index >= 15 is 0 Å². The van der Waals surface area contributed by atoms with Crippen LogP contribution in [0.1, 0.15) is 0 Å². The first-order valence-electron chi connectivity index (χ1n) is 4.94. The van der Waals surface area contributed by atoms with Crippen LogP contribution in [0.25, 0.3) is 11.2 Å². The van der Waals surface area contributed by atoms with Gasteiger partial charge in [-0.3, -0.25) is 14.3 Å². The lowest BCUT2D eigenvalue weighted by molar-refractivity contribution is 0.746. The van der Waals surface area contributed by atoms with Gasteiger partial charge in [0.05, 0.1) is 0 Å². The van der Waals surface area contributed by atoms with Gasteiger partial charge in [0.2, 0.25) is 0 Å². The molecule has 0 atom stereocenters. The maximum atomic E-state index is 11.8. The fourth-order valence-corrected chi connectivity index (χ4v) is 2.23. The van der Waals surface area contributed by atoms with Crippen molar-refractivity contribution in [1.82, 2.24) is 19.1 Å². The molecular formula is C10H12N4O2S. The third-order valence-electron chi connectivity index (χ3n) is 2.47. The second-order valence-electron chi connectivity index (χ2n) is 3.49. The number of nitrogens with one attached hydrogen (secondary N) is 1. The molecule has 0 saturated heterocycles. The first-order chi connectivity index (χ1) is 8.10. The van der Waals surface area contributed by atoms with Gasteiger partial charge >= 0.3 is 5.69 Å². The Kier molecular flexibility index (Phi) is 2.93. The van der Waals surface area contributed by atoms with Gasteiger partial charge in [-0.2, -0.15) is 0 Å². The Morgan fingerprint density at radius 1 is 1.53 bits per heavy atom. The summed E-state index contributed by atoms with van der Waals surface area (Å²) in [5, 5.41) is 0.687. The number of imidazole rings is 1. The Bertz CT molecular complexity index is 695. The Balaban J connectivity index is 2.97. The van der Waals surface area contributed by atoms with Gasteiger partial charge in [-0.05, 0) is 6.26 Å². The van der Waals surface area contributed by atoms with Crippen molar-refractivity contribution in [2.24, 2.45) is 7.05 Å². The van der Waals surface area contributed by atoms with Crippen molar-refractivity contribution in [3.05, 3.63) is 33.5 Å².